The smallest absolute Gasteiger partial charge is 0.263 e. The third kappa shape index (κ3) is 5.87. The van der Waals surface area contributed by atoms with Crippen LogP contribution in [0.1, 0.15) is 28.4 Å². The number of nitrogens with one attached hydrogen (secondary N) is 2. The molecule has 0 fully saturated rings. The number of aryl methyl sites for hydroxylation is 2. The van der Waals surface area contributed by atoms with Gasteiger partial charge in [-0.2, -0.15) is 0 Å². The highest BCUT2D eigenvalue weighted by atomic mass is 32.2. The largest absolute Gasteiger partial charge is 0.496 e. The van der Waals surface area contributed by atoms with Crippen LogP contribution in [-0.4, -0.2) is 31.3 Å². The van der Waals surface area contributed by atoms with Crippen LogP contribution in [0.2, 0.25) is 0 Å². The van der Waals surface area contributed by atoms with Gasteiger partial charge >= 0.3 is 0 Å². The second-order valence-electron chi connectivity index (χ2n) is 7.54. The van der Waals surface area contributed by atoms with Crippen molar-refractivity contribution in [2.45, 2.75) is 30.9 Å². The molecule has 172 valence electrons. The maximum absolute atomic E-state index is 12.9. The Morgan fingerprint density at radius 3 is 2.03 bits per heavy atom. The van der Waals surface area contributed by atoms with Gasteiger partial charge in [0.2, 0.25) is 5.91 Å². The minimum absolute atomic E-state index is 0.0782. The van der Waals surface area contributed by atoms with E-state index >= 15 is 0 Å². The van der Waals surface area contributed by atoms with E-state index in [4.69, 9.17) is 9.47 Å². The molecular formula is C26H28N2O4S. The molecule has 0 spiro atoms. The van der Waals surface area contributed by atoms with E-state index in [1.54, 1.807) is 24.3 Å². The molecule has 0 aliphatic carbocycles. The summed E-state index contributed by atoms with van der Waals surface area (Å²) in [6.07, 6.45) is 0. The highest BCUT2D eigenvalue weighted by molar-refractivity contribution is 8.00. The molecule has 6 nitrogen and oxygen atoms in total. The highest BCUT2D eigenvalue weighted by Gasteiger charge is 2.19. The van der Waals surface area contributed by atoms with Crippen LogP contribution in [-0.2, 0) is 4.79 Å². The predicted molar refractivity (Wildman–Crippen MR) is 134 cm³/mol. The second kappa shape index (κ2) is 10.9. The number of benzene rings is 3. The van der Waals surface area contributed by atoms with Crippen molar-refractivity contribution in [3.8, 4) is 11.5 Å². The van der Waals surface area contributed by atoms with E-state index in [-0.39, 0.29) is 17.1 Å². The van der Waals surface area contributed by atoms with Gasteiger partial charge in [0.05, 0.1) is 19.5 Å². The zero-order valence-corrected chi connectivity index (χ0v) is 20.2. The molecule has 3 rings (SSSR count). The number of anilines is 2. The first-order chi connectivity index (χ1) is 15.8. The third-order valence-electron chi connectivity index (χ3n) is 5.16. The van der Waals surface area contributed by atoms with Gasteiger partial charge in [0.15, 0.2) is 0 Å². The van der Waals surface area contributed by atoms with Crippen molar-refractivity contribution < 1.29 is 19.1 Å². The highest BCUT2D eigenvalue weighted by Crippen LogP contribution is 2.31. The van der Waals surface area contributed by atoms with Gasteiger partial charge in [-0.1, -0.05) is 30.3 Å². The first-order valence-corrected chi connectivity index (χ1v) is 11.4. The Morgan fingerprint density at radius 2 is 1.42 bits per heavy atom. The molecule has 3 aromatic carbocycles. The van der Waals surface area contributed by atoms with Crippen LogP contribution in [0.4, 0.5) is 11.4 Å². The van der Waals surface area contributed by atoms with Crippen LogP contribution >= 0.6 is 11.8 Å². The Hall–Kier alpha value is -3.45. The van der Waals surface area contributed by atoms with Crippen molar-refractivity contribution in [2.24, 2.45) is 0 Å². The van der Waals surface area contributed by atoms with Crippen LogP contribution < -0.4 is 20.1 Å². The predicted octanol–water partition coefficient (Wildman–Crippen LogP) is 5.69. The molecule has 2 amide bonds. The average Bonchev–Trinajstić information content (AvgIpc) is 2.80. The number of ether oxygens (including phenoxy) is 2. The Kier molecular flexibility index (Phi) is 8.01. The monoisotopic (exact) mass is 464 g/mol. The molecule has 7 heteroatoms. The van der Waals surface area contributed by atoms with E-state index < -0.39 is 0 Å². The summed E-state index contributed by atoms with van der Waals surface area (Å²) in [5.74, 6) is 0.432. The molecule has 3 aromatic rings. The number of carbonyl (C=O) groups is 2. The van der Waals surface area contributed by atoms with Gasteiger partial charge in [-0.05, 0) is 62.2 Å². The fraction of sp³-hybridized carbons (Fsp3) is 0.231. The van der Waals surface area contributed by atoms with Crippen LogP contribution in [0.5, 0.6) is 11.5 Å². The number of hydrogen-bond donors (Lipinski definition) is 2. The fourth-order valence-electron chi connectivity index (χ4n) is 3.41. The Morgan fingerprint density at radius 1 is 0.848 bits per heavy atom. The van der Waals surface area contributed by atoms with E-state index in [0.29, 0.717) is 22.7 Å². The lowest BCUT2D eigenvalue weighted by molar-refractivity contribution is -0.115. The van der Waals surface area contributed by atoms with Crippen molar-refractivity contribution in [3.05, 3.63) is 77.4 Å². The molecule has 0 aromatic heterocycles. The van der Waals surface area contributed by atoms with Gasteiger partial charge in [-0.3, -0.25) is 9.59 Å². The maximum atomic E-state index is 12.9. The lowest BCUT2D eigenvalue weighted by Crippen LogP contribution is -2.23. The van der Waals surface area contributed by atoms with E-state index in [0.717, 1.165) is 21.7 Å². The molecule has 0 aliphatic rings. The summed E-state index contributed by atoms with van der Waals surface area (Å²) in [7, 11) is 3.02. The Balaban J connectivity index is 1.71. The minimum atomic E-state index is -0.340. The maximum Gasteiger partial charge on any atom is 0.263 e. The number of hydrogen-bond acceptors (Lipinski definition) is 5. The number of para-hydroxylation sites is 1. The standard InChI is InChI=1S/C26H28N2O4S/c1-16-9-6-10-17(2)24(16)28-25(29)18(3)33-20-12-7-11-19(15-20)27-26(30)23-21(31-4)13-8-14-22(23)32-5/h6-15,18H,1-5H3,(H,27,30)(H,28,29). The number of thioether (sulfide) groups is 1. The van der Waals surface area contributed by atoms with Crippen LogP contribution in [0.25, 0.3) is 0 Å². The average molecular weight is 465 g/mol. The van der Waals surface area contributed by atoms with Crippen LogP contribution in [0.15, 0.2) is 65.6 Å². The van der Waals surface area contributed by atoms with Gasteiger partial charge in [-0.15, -0.1) is 11.8 Å². The van der Waals surface area contributed by atoms with Gasteiger partial charge in [0.25, 0.3) is 5.91 Å². The topological polar surface area (TPSA) is 76.7 Å². The number of carbonyl (C=O) groups excluding carboxylic acids is 2. The SMILES string of the molecule is COc1cccc(OC)c1C(=O)Nc1cccc(SC(C)C(=O)Nc2c(C)cccc2C)c1. The van der Waals surface area contributed by atoms with Crippen LogP contribution in [0, 0.1) is 13.8 Å². The van der Waals surface area contributed by atoms with Crippen molar-refractivity contribution in [1.29, 1.82) is 0 Å². The lowest BCUT2D eigenvalue weighted by atomic mass is 10.1. The third-order valence-corrected chi connectivity index (χ3v) is 6.25. The van der Waals surface area contributed by atoms with E-state index in [9.17, 15) is 9.59 Å². The zero-order valence-electron chi connectivity index (χ0n) is 19.4. The van der Waals surface area contributed by atoms with Crippen molar-refractivity contribution in [3.63, 3.8) is 0 Å². The molecule has 1 unspecified atom stereocenters. The summed E-state index contributed by atoms with van der Waals surface area (Å²) in [6.45, 7) is 5.81. The first-order valence-electron chi connectivity index (χ1n) is 10.5. The molecule has 2 N–H and O–H groups in total. The minimum Gasteiger partial charge on any atom is -0.496 e. The summed E-state index contributed by atoms with van der Waals surface area (Å²) in [4.78, 5) is 26.6. The summed E-state index contributed by atoms with van der Waals surface area (Å²) in [5, 5.41) is 5.60. The molecule has 1 atom stereocenters. The molecule has 0 radical (unpaired) electrons. The van der Waals surface area contributed by atoms with Gasteiger partial charge in [0.1, 0.15) is 17.1 Å². The first kappa shape index (κ1) is 24.2. The normalized spacial score (nSPS) is 11.4. The molecular weight excluding hydrogens is 436 g/mol. The summed E-state index contributed by atoms with van der Waals surface area (Å²) in [6, 6.07) is 18.5. The fourth-order valence-corrected chi connectivity index (χ4v) is 4.34. The zero-order chi connectivity index (χ0) is 24.0. The van der Waals surface area contributed by atoms with Crippen molar-refractivity contribution in [2.75, 3.05) is 24.9 Å². The summed E-state index contributed by atoms with van der Waals surface area (Å²) >= 11 is 1.42. The quantitative estimate of drug-likeness (QED) is 0.419. The Bertz CT molecular complexity index is 1120. The molecule has 0 saturated carbocycles. The summed E-state index contributed by atoms with van der Waals surface area (Å²) in [5.41, 5.74) is 3.83. The Labute approximate surface area is 198 Å². The molecule has 0 aliphatic heterocycles. The molecule has 0 saturated heterocycles. The van der Waals surface area contributed by atoms with Gasteiger partial charge in [-0.25, -0.2) is 0 Å². The lowest BCUT2D eigenvalue weighted by Gasteiger charge is -2.16. The molecule has 0 heterocycles. The number of methoxy groups -OCH3 is 2. The number of amides is 2. The van der Waals surface area contributed by atoms with Gasteiger partial charge < -0.3 is 20.1 Å². The van der Waals surface area contributed by atoms with E-state index in [2.05, 4.69) is 10.6 Å². The molecule has 33 heavy (non-hydrogen) atoms. The molecule has 0 bridgehead atoms. The van der Waals surface area contributed by atoms with Gasteiger partial charge in [0, 0.05) is 16.3 Å². The van der Waals surface area contributed by atoms with E-state index in [1.165, 1.54) is 26.0 Å². The number of rotatable bonds is 8. The summed E-state index contributed by atoms with van der Waals surface area (Å²) < 4.78 is 10.7. The van der Waals surface area contributed by atoms with E-state index in [1.807, 2.05) is 57.2 Å². The van der Waals surface area contributed by atoms with Crippen molar-refractivity contribution >= 4 is 35.0 Å². The van der Waals surface area contributed by atoms with Crippen LogP contribution in [0.3, 0.4) is 0 Å². The van der Waals surface area contributed by atoms with Crippen molar-refractivity contribution in [1.82, 2.24) is 0 Å². The second-order valence-corrected chi connectivity index (χ2v) is 8.95.